The molecule has 1 fully saturated rings. The van der Waals surface area contributed by atoms with Crippen molar-refractivity contribution in [2.75, 3.05) is 26.7 Å². The van der Waals surface area contributed by atoms with E-state index >= 15 is 0 Å². The van der Waals surface area contributed by atoms with Crippen LogP contribution in [-0.4, -0.2) is 37.6 Å². The first-order valence-corrected chi connectivity index (χ1v) is 9.84. The Morgan fingerprint density at radius 2 is 2.04 bits per heavy atom. The number of carbonyl (C=O) groups excluding carboxylic acids is 1. The molecule has 2 aliphatic heterocycles. The lowest BCUT2D eigenvalue weighted by Gasteiger charge is -2.19. The Balaban J connectivity index is 1.46. The van der Waals surface area contributed by atoms with Gasteiger partial charge in [-0.3, -0.25) is 4.79 Å². The van der Waals surface area contributed by atoms with Crippen molar-refractivity contribution in [3.8, 4) is 5.75 Å². The van der Waals surface area contributed by atoms with Crippen LogP contribution in [0.2, 0.25) is 0 Å². The topological polar surface area (TPSA) is 41.6 Å². The third-order valence-electron chi connectivity index (χ3n) is 5.24. The minimum atomic E-state index is 0.175. The molecule has 0 radical (unpaired) electrons. The highest BCUT2D eigenvalue weighted by molar-refractivity contribution is 7.14. The van der Waals surface area contributed by atoms with Crippen LogP contribution in [0.5, 0.6) is 5.75 Å². The predicted octanol–water partition coefficient (Wildman–Crippen LogP) is 3.42. The summed E-state index contributed by atoms with van der Waals surface area (Å²) in [4.78, 5) is 17.1. The van der Waals surface area contributed by atoms with Crippen LogP contribution in [0.3, 0.4) is 0 Å². The zero-order chi connectivity index (χ0) is 17.2. The van der Waals surface area contributed by atoms with Crippen molar-refractivity contribution in [1.82, 2.24) is 10.2 Å². The lowest BCUT2D eigenvalue weighted by molar-refractivity contribution is 0.0768. The SMILES string of the molecule is COc1ccc2c(c1)CCN(C(=O)c1ccc([C@H]3CCCN3)s1)CC2. The Morgan fingerprint density at radius 1 is 1.20 bits per heavy atom. The summed E-state index contributed by atoms with van der Waals surface area (Å²) in [6.07, 6.45) is 4.20. The van der Waals surface area contributed by atoms with E-state index in [1.54, 1.807) is 18.4 Å². The van der Waals surface area contributed by atoms with Crippen molar-refractivity contribution in [1.29, 1.82) is 0 Å². The van der Waals surface area contributed by atoms with Crippen LogP contribution in [0, 0.1) is 0 Å². The number of hydrogen-bond acceptors (Lipinski definition) is 4. The van der Waals surface area contributed by atoms with Crippen molar-refractivity contribution in [2.24, 2.45) is 0 Å². The number of nitrogens with one attached hydrogen (secondary N) is 1. The molecule has 1 aromatic heterocycles. The fourth-order valence-corrected chi connectivity index (χ4v) is 4.86. The van der Waals surface area contributed by atoms with Gasteiger partial charge in [0.05, 0.1) is 12.0 Å². The summed E-state index contributed by atoms with van der Waals surface area (Å²) in [5.74, 6) is 1.07. The molecule has 3 heterocycles. The number of carbonyl (C=O) groups is 1. The van der Waals surface area contributed by atoms with E-state index in [9.17, 15) is 4.79 Å². The maximum atomic E-state index is 12.9. The average molecular weight is 356 g/mol. The van der Waals surface area contributed by atoms with Crippen LogP contribution in [0.25, 0.3) is 0 Å². The molecule has 5 heteroatoms. The fourth-order valence-electron chi connectivity index (χ4n) is 3.77. The number of fused-ring (bicyclic) bond motifs is 1. The van der Waals surface area contributed by atoms with E-state index in [2.05, 4.69) is 23.5 Å². The van der Waals surface area contributed by atoms with Crippen molar-refractivity contribution in [3.63, 3.8) is 0 Å². The van der Waals surface area contributed by atoms with Gasteiger partial charge in [0.2, 0.25) is 0 Å². The Morgan fingerprint density at radius 3 is 2.80 bits per heavy atom. The van der Waals surface area contributed by atoms with Crippen LogP contribution >= 0.6 is 11.3 Å². The highest BCUT2D eigenvalue weighted by Gasteiger charge is 2.24. The zero-order valence-electron chi connectivity index (χ0n) is 14.6. The third kappa shape index (κ3) is 3.44. The van der Waals surface area contributed by atoms with E-state index < -0.39 is 0 Å². The van der Waals surface area contributed by atoms with Gasteiger partial charge in [-0.2, -0.15) is 0 Å². The summed E-state index contributed by atoms with van der Waals surface area (Å²) in [6, 6.07) is 10.8. The molecule has 132 valence electrons. The Bertz CT molecular complexity index is 765. The summed E-state index contributed by atoms with van der Waals surface area (Å²) in [5, 5.41) is 3.51. The molecular weight excluding hydrogens is 332 g/mol. The van der Waals surface area contributed by atoms with Gasteiger partial charge in [-0.25, -0.2) is 0 Å². The summed E-state index contributed by atoms with van der Waals surface area (Å²) >= 11 is 1.65. The number of benzene rings is 1. The Hall–Kier alpha value is -1.85. The second-order valence-corrected chi connectivity index (χ2v) is 7.89. The van der Waals surface area contributed by atoms with E-state index in [1.807, 2.05) is 17.0 Å². The van der Waals surface area contributed by atoms with Crippen molar-refractivity contribution in [2.45, 2.75) is 31.7 Å². The lowest BCUT2D eigenvalue weighted by atomic mass is 10.0. The number of methoxy groups -OCH3 is 1. The van der Waals surface area contributed by atoms with Gasteiger partial charge >= 0.3 is 0 Å². The summed E-state index contributed by atoms with van der Waals surface area (Å²) in [5.41, 5.74) is 2.63. The number of ether oxygens (including phenoxy) is 1. The van der Waals surface area contributed by atoms with Crippen LogP contribution in [0.1, 0.15) is 44.6 Å². The molecule has 1 aromatic carbocycles. The number of thiophene rings is 1. The summed E-state index contributed by atoms with van der Waals surface area (Å²) < 4.78 is 5.33. The van der Waals surface area contributed by atoms with Gasteiger partial charge in [0, 0.05) is 24.0 Å². The van der Waals surface area contributed by atoms with Gasteiger partial charge in [0.15, 0.2) is 0 Å². The van der Waals surface area contributed by atoms with Gasteiger partial charge in [-0.15, -0.1) is 11.3 Å². The maximum absolute atomic E-state index is 12.9. The molecule has 0 saturated carbocycles. The third-order valence-corrected chi connectivity index (χ3v) is 6.43. The number of rotatable bonds is 3. The normalized spacial score (nSPS) is 20.2. The average Bonchev–Trinajstić information content (AvgIpc) is 3.29. The monoisotopic (exact) mass is 356 g/mol. The highest BCUT2D eigenvalue weighted by Crippen LogP contribution is 2.30. The summed E-state index contributed by atoms with van der Waals surface area (Å²) in [6.45, 7) is 2.64. The standard InChI is InChI=1S/C20H24N2O2S/c1-24-16-5-4-14-8-11-22(12-9-15(14)13-16)20(23)19-7-6-18(25-19)17-3-2-10-21-17/h4-7,13,17,21H,2-3,8-12H2,1H3/t17-/m1/s1. The van der Waals surface area contributed by atoms with Crippen molar-refractivity contribution in [3.05, 3.63) is 51.2 Å². The number of amides is 1. The first-order valence-electron chi connectivity index (χ1n) is 9.03. The van der Waals surface area contributed by atoms with Crippen LogP contribution in [-0.2, 0) is 12.8 Å². The van der Waals surface area contributed by atoms with Gasteiger partial charge in [0.1, 0.15) is 5.75 Å². The second-order valence-electron chi connectivity index (χ2n) is 6.78. The van der Waals surface area contributed by atoms with Gasteiger partial charge in [-0.05, 0) is 67.6 Å². The minimum absolute atomic E-state index is 0.175. The maximum Gasteiger partial charge on any atom is 0.263 e. The van der Waals surface area contributed by atoms with Gasteiger partial charge in [-0.1, -0.05) is 6.07 Å². The molecule has 1 N–H and O–H groups in total. The molecule has 2 aromatic rings. The molecule has 0 unspecified atom stereocenters. The number of hydrogen-bond donors (Lipinski definition) is 1. The highest BCUT2D eigenvalue weighted by atomic mass is 32.1. The van der Waals surface area contributed by atoms with Gasteiger partial charge < -0.3 is 15.0 Å². The second kappa shape index (κ2) is 7.18. The molecular formula is C20H24N2O2S. The smallest absolute Gasteiger partial charge is 0.263 e. The Kier molecular flexibility index (Phi) is 4.77. The van der Waals surface area contributed by atoms with Crippen LogP contribution in [0.15, 0.2) is 30.3 Å². The fraction of sp³-hybridized carbons (Fsp3) is 0.450. The van der Waals surface area contributed by atoms with E-state index in [4.69, 9.17) is 4.74 Å². The summed E-state index contributed by atoms with van der Waals surface area (Å²) in [7, 11) is 1.70. The van der Waals surface area contributed by atoms with Crippen LogP contribution in [0.4, 0.5) is 0 Å². The predicted molar refractivity (Wildman–Crippen MR) is 101 cm³/mol. The molecule has 2 aliphatic rings. The number of nitrogens with zero attached hydrogens (tertiary/aromatic N) is 1. The van der Waals surface area contributed by atoms with E-state index in [-0.39, 0.29) is 5.91 Å². The van der Waals surface area contributed by atoms with E-state index in [0.717, 1.165) is 43.1 Å². The molecule has 4 rings (SSSR count). The molecule has 25 heavy (non-hydrogen) atoms. The zero-order valence-corrected chi connectivity index (χ0v) is 15.4. The van der Waals surface area contributed by atoms with Gasteiger partial charge in [0.25, 0.3) is 5.91 Å². The minimum Gasteiger partial charge on any atom is -0.497 e. The molecule has 0 bridgehead atoms. The Labute approximate surface area is 152 Å². The van der Waals surface area contributed by atoms with Crippen molar-refractivity contribution >= 4 is 17.2 Å². The molecule has 1 amide bonds. The van der Waals surface area contributed by atoms with Crippen molar-refractivity contribution < 1.29 is 9.53 Å². The molecule has 0 spiro atoms. The largest absolute Gasteiger partial charge is 0.497 e. The lowest BCUT2D eigenvalue weighted by Crippen LogP contribution is -2.32. The van der Waals surface area contributed by atoms with Crippen LogP contribution < -0.4 is 10.1 Å². The van der Waals surface area contributed by atoms with E-state index in [0.29, 0.717) is 6.04 Å². The molecule has 0 aliphatic carbocycles. The molecule has 1 atom stereocenters. The van der Waals surface area contributed by atoms with E-state index in [1.165, 1.54) is 28.8 Å². The first-order chi connectivity index (χ1) is 12.2. The molecule has 4 nitrogen and oxygen atoms in total. The quantitative estimate of drug-likeness (QED) is 0.916. The molecule has 1 saturated heterocycles. The first kappa shape index (κ1) is 16.6.